The second kappa shape index (κ2) is 15.8. The van der Waals surface area contributed by atoms with Crippen LogP contribution in [-0.2, 0) is 27.9 Å². The van der Waals surface area contributed by atoms with E-state index in [1.807, 2.05) is 27.7 Å². The van der Waals surface area contributed by atoms with Crippen molar-refractivity contribution >= 4 is 22.6 Å². The molecule has 0 aromatic rings. The average molecular weight is 643 g/mol. The number of esters is 1. The van der Waals surface area contributed by atoms with Gasteiger partial charge in [0, 0.05) is 25.9 Å². The molecule has 2 heterocycles. The zero-order valence-corrected chi connectivity index (χ0v) is 31.6. The molecule has 0 saturated carbocycles. The summed E-state index contributed by atoms with van der Waals surface area (Å²) in [4.78, 5) is 13.1. The van der Waals surface area contributed by atoms with Crippen molar-refractivity contribution in [3.05, 3.63) is 12.2 Å². The monoisotopic (exact) mass is 642 g/mol. The van der Waals surface area contributed by atoms with E-state index < -0.39 is 33.6 Å². The van der Waals surface area contributed by atoms with Crippen molar-refractivity contribution in [3.63, 3.8) is 0 Å². The number of hydrogen-bond acceptors (Lipinski definition) is 7. The molecule has 9 heteroatoms. The molecule has 0 aromatic carbocycles. The number of aliphatic hydroxyl groups is 1. The molecule has 43 heavy (non-hydrogen) atoms. The van der Waals surface area contributed by atoms with Crippen LogP contribution in [0, 0.1) is 5.92 Å². The Hall–Kier alpha value is -0.556. The Labute approximate surface area is 266 Å². The second-order valence-corrected chi connectivity index (χ2v) is 24.1. The predicted octanol–water partition coefficient (Wildman–Crippen LogP) is 8.52. The largest absolute Gasteiger partial charge is 0.460 e. The topological polar surface area (TPSA) is 83.5 Å². The fraction of sp³-hybridized carbons (Fsp3) is 0.912. The smallest absolute Gasteiger partial charge is 0.308 e. The molecule has 6 atom stereocenters. The van der Waals surface area contributed by atoms with Crippen molar-refractivity contribution in [1.29, 1.82) is 0 Å². The molecule has 0 aliphatic carbocycles. The van der Waals surface area contributed by atoms with Crippen LogP contribution < -0.4 is 0 Å². The van der Waals surface area contributed by atoms with E-state index in [0.717, 1.165) is 48.3 Å². The van der Waals surface area contributed by atoms with Crippen molar-refractivity contribution in [2.75, 3.05) is 6.61 Å². The van der Waals surface area contributed by atoms with Crippen LogP contribution in [0.1, 0.15) is 115 Å². The first-order chi connectivity index (χ1) is 20.0. The van der Waals surface area contributed by atoms with Crippen LogP contribution in [0.4, 0.5) is 0 Å². The van der Waals surface area contributed by atoms with Gasteiger partial charge in [-0.25, -0.2) is 0 Å². The fourth-order valence-electron chi connectivity index (χ4n) is 7.26. The van der Waals surface area contributed by atoms with E-state index in [9.17, 15) is 9.90 Å². The Morgan fingerprint density at radius 2 is 1.47 bits per heavy atom. The van der Waals surface area contributed by atoms with Gasteiger partial charge in [0.05, 0.1) is 30.3 Å². The molecular formula is C34H66O7Si2. The molecule has 1 spiro atoms. The Morgan fingerprint density at radius 3 is 1.95 bits per heavy atom. The van der Waals surface area contributed by atoms with Gasteiger partial charge in [-0.1, -0.05) is 60.6 Å². The number of carbonyl (C=O) groups excluding carboxylic acids is 1. The van der Waals surface area contributed by atoms with Gasteiger partial charge >= 0.3 is 5.97 Å². The first-order valence-electron chi connectivity index (χ1n) is 17.2. The Morgan fingerprint density at radius 1 is 0.930 bits per heavy atom. The van der Waals surface area contributed by atoms with Crippen molar-refractivity contribution in [3.8, 4) is 0 Å². The highest BCUT2D eigenvalue weighted by Gasteiger charge is 2.55. The molecule has 2 aliphatic heterocycles. The lowest BCUT2D eigenvalue weighted by atomic mass is 9.80. The summed E-state index contributed by atoms with van der Waals surface area (Å²) in [5, 5.41) is 9.84. The SMILES string of the molecule is C=C(C[C@H]1C[C@](C)(O[Si](CC)(CC)CC)C[C@@]2(C[C@@H](O[Si](CC)(CC)CC)C[C@H](CC(=O)OC(C)(C)C)O2)O1)[C@@H](C)CO. The molecular weight excluding hydrogens is 577 g/mol. The standard InChI is InChI=1S/C34H66O7Si2/c1-13-42(14-2,15-3)40-30-20-28(21-31(36)39-32(9,10)11)37-34(23-30)25-33(12,41-43(16-4,17-5)18-6)22-29(38-34)19-26(7)27(8)24-35/h27-30,35H,7,13-25H2,1-6,8-12H3/t27-,28+,29-,30-,33-,34+/m0/s1. The van der Waals surface area contributed by atoms with Gasteiger partial charge in [-0.3, -0.25) is 4.79 Å². The first kappa shape index (κ1) is 38.6. The van der Waals surface area contributed by atoms with Crippen LogP contribution in [-0.4, -0.2) is 69.6 Å². The lowest BCUT2D eigenvalue weighted by Crippen LogP contribution is -2.61. The summed E-state index contributed by atoms with van der Waals surface area (Å²) in [5.41, 5.74) is -0.0434. The Bertz CT molecular complexity index is 881. The van der Waals surface area contributed by atoms with Crippen LogP contribution in [0.2, 0.25) is 36.3 Å². The fourth-order valence-corrected chi connectivity index (χ4v) is 13.3. The van der Waals surface area contributed by atoms with Crippen LogP contribution >= 0.6 is 0 Å². The molecule has 2 saturated heterocycles. The van der Waals surface area contributed by atoms with E-state index in [1.165, 1.54) is 0 Å². The molecule has 2 fully saturated rings. The van der Waals surface area contributed by atoms with Crippen molar-refractivity contribution in [2.45, 2.75) is 186 Å². The maximum atomic E-state index is 13.1. The number of hydrogen-bond donors (Lipinski definition) is 1. The number of carbonyl (C=O) groups is 1. The minimum atomic E-state index is -1.97. The van der Waals surface area contributed by atoms with Gasteiger partial charge in [-0.15, -0.1) is 0 Å². The van der Waals surface area contributed by atoms with Gasteiger partial charge < -0.3 is 28.2 Å². The van der Waals surface area contributed by atoms with Crippen LogP contribution in [0.15, 0.2) is 12.2 Å². The van der Waals surface area contributed by atoms with Crippen LogP contribution in [0.25, 0.3) is 0 Å². The Kier molecular flexibility index (Phi) is 14.2. The summed E-state index contributed by atoms with van der Waals surface area (Å²) >= 11 is 0. The number of ether oxygens (including phenoxy) is 3. The molecule has 1 N–H and O–H groups in total. The molecule has 252 valence electrons. The van der Waals surface area contributed by atoms with Crippen LogP contribution in [0.5, 0.6) is 0 Å². The lowest BCUT2D eigenvalue weighted by Gasteiger charge is -2.55. The first-order valence-corrected chi connectivity index (χ1v) is 22.3. The van der Waals surface area contributed by atoms with Gasteiger partial charge in [-0.2, -0.15) is 0 Å². The third kappa shape index (κ3) is 10.8. The van der Waals surface area contributed by atoms with E-state index in [0.29, 0.717) is 25.7 Å². The third-order valence-electron chi connectivity index (χ3n) is 10.2. The number of rotatable bonds is 16. The predicted molar refractivity (Wildman–Crippen MR) is 180 cm³/mol. The maximum Gasteiger partial charge on any atom is 0.308 e. The van der Waals surface area contributed by atoms with E-state index in [1.54, 1.807) is 0 Å². The lowest BCUT2D eigenvalue weighted by molar-refractivity contribution is -0.346. The van der Waals surface area contributed by atoms with Crippen molar-refractivity contribution in [2.24, 2.45) is 5.92 Å². The van der Waals surface area contributed by atoms with E-state index in [4.69, 9.17) is 23.1 Å². The highest BCUT2D eigenvalue weighted by Crippen LogP contribution is 2.49. The van der Waals surface area contributed by atoms with Gasteiger partial charge in [0.1, 0.15) is 5.60 Å². The molecule has 0 radical (unpaired) electrons. The summed E-state index contributed by atoms with van der Waals surface area (Å²) in [6.45, 7) is 27.9. The van der Waals surface area contributed by atoms with Crippen LogP contribution in [0.3, 0.4) is 0 Å². The highest BCUT2D eigenvalue weighted by molar-refractivity contribution is 6.74. The molecule has 7 nitrogen and oxygen atoms in total. The molecule has 0 unspecified atom stereocenters. The Balaban J connectivity index is 2.54. The zero-order chi connectivity index (χ0) is 32.7. The van der Waals surface area contributed by atoms with E-state index >= 15 is 0 Å². The van der Waals surface area contributed by atoms with E-state index in [2.05, 4.69) is 55.0 Å². The summed E-state index contributed by atoms with van der Waals surface area (Å²) in [7, 11) is -3.91. The van der Waals surface area contributed by atoms with Gasteiger partial charge in [0.15, 0.2) is 22.4 Å². The third-order valence-corrected chi connectivity index (χ3v) is 19.6. The second-order valence-electron chi connectivity index (χ2n) is 14.7. The quantitative estimate of drug-likeness (QED) is 0.103. The molecule has 0 amide bonds. The highest BCUT2D eigenvalue weighted by atomic mass is 28.4. The summed E-state index contributed by atoms with van der Waals surface area (Å²) < 4.78 is 34.1. The van der Waals surface area contributed by atoms with Gasteiger partial charge in [0.2, 0.25) is 0 Å². The molecule has 0 bridgehead atoms. The summed E-state index contributed by atoms with van der Waals surface area (Å²) in [5.74, 6) is -1.22. The van der Waals surface area contributed by atoms with Crippen molar-refractivity contribution < 1.29 is 33.0 Å². The summed E-state index contributed by atoms with van der Waals surface area (Å²) in [6, 6.07) is 6.36. The van der Waals surface area contributed by atoms with Crippen molar-refractivity contribution in [1.82, 2.24) is 0 Å². The van der Waals surface area contributed by atoms with Gasteiger partial charge in [-0.05, 0) is 82.7 Å². The average Bonchev–Trinajstić information content (AvgIpc) is 2.92. The van der Waals surface area contributed by atoms with Gasteiger partial charge in [0.25, 0.3) is 0 Å². The molecule has 0 aromatic heterocycles. The normalized spacial score (nSPS) is 29.4. The minimum absolute atomic E-state index is 0.0161. The molecule has 2 rings (SSSR count). The summed E-state index contributed by atoms with van der Waals surface area (Å²) in [6.07, 6.45) is 2.76. The zero-order valence-electron chi connectivity index (χ0n) is 29.6. The molecule has 2 aliphatic rings. The number of aliphatic hydroxyl groups excluding tert-OH is 1. The maximum absolute atomic E-state index is 13.1. The minimum Gasteiger partial charge on any atom is -0.460 e. The van der Waals surface area contributed by atoms with E-state index in [-0.39, 0.29) is 43.2 Å².